The maximum absolute atomic E-state index is 13.7. The number of aromatic nitrogens is 4. The van der Waals surface area contributed by atoms with Gasteiger partial charge in [0.2, 0.25) is 0 Å². The van der Waals surface area contributed by atoms with Crippen molar-refractivity contribution in [1.82, 2.24) is 20.2 Å². The smallest absolute Gasteiger partial charge is 0.163 e. The summed E-state index contributed by atoms with van der Waals surface area (Å²) in [6, 6.07) is 19.9. The summed E-state index contributed by atoms with van der Waals surface area (Å²) in [5.74, 6) is 1.32. The standard InChI is InChI=1S/C21H14FN5S/c22-12-9-10-17-15(11-12)21(27-26-17)25-19-13-5-1-3-7-16(13)23-20(24-19)14-6-2-4-8-18(14)28/h1-11,28H,(H2,23,24,25,26,27). The fourth-order valence-electron chi connectivity index (χ4n) is 3.15. The number of thiol groups is 1. The molecule has 0 spiro atoms. The predicted molar refractivity (Wildman–Crippen MR) is 112 cm³/mol. The van der Waals surface area contributed by atoms with Gasteiger partial charge < -0.3 is 5.32 Å². The molecular weight excluding hydrogens is 373 g/mol. The summed E-state index contributed by atoms with van der Waals surface area (Å²) in [6.07, 6.45) is 0. The van der Waals surface area contributed by atoms with E-state index in [9.17, 15) is 4.39 Å². The van der Waals surface area contributed by atoms with E-state index in [4.69, 9.17) is 4.98 Å². The Labute approximate surface area is 165 Å². The van der Waals surface area contributed by atoms with Gasteiger partial charge in [-0.15, -0.1) is 12.6 Å². The summed E-state index contributed by atoms with van der Waals surface area (Å²) in [5, 5.41) is 11.9. The largest absolute Gasteiger partial charge is 0.322 e. The van der Waals surface area contributed by atoms with Crippen LogP contribution in [0.15, 0.2) is 71.6 Å². The molecule has 0 amide bonds. The molecule has 7 heteroatoms. The number of hydrogen-bond acceptors (Lipinski definition) is 5. The summed E-state index contributed by atoms with van der Waals surface area (Å²) < 4.78 is 13.7. The lowest BCUT2D eigenvalue weighted by Gasteiger charge is -2.11. The minimum absolute atomic E-state index is 0.325. The number of nitrogens with zero attached hydrogens (tertiary/aromatic N) is 3. The lowest BCUT2D eigenvalue weighted by atomic mass is 10.1. The van der Waals surface area contributed by atoms with E-state index in [0.717, 1.165) is 26.9 Å². The predicted octanol–water partition coefficient (Wildman–Crippen LogP) is 5.34. The topological polar surface area (TPSA) is 66.5 Å². The maximum Gasteiger partial charge on any atom is 0.163 e. The molecule has 0 bridgehead atoms. The first-order valence-electron chi connectivity index (χ1n) is 8.65. The van der Waals surface area contributed by atoms with Crippen LogP contribution >= 0.6 is 12.6 Å². The number of anilines is 2. The van der Waals surface area contributed by atoms with E-state index in [-0.39, 0.29) is 5.82 Å². The molecule has 0 atom stereocenters. The minimum Gasteiger partial charge on any atom is -0.322 e. The summed E-state index contributed by atoms with van der Waals surface area (Å²) in [5.41, 5.74) is 2.36. The van der Waals surface area contributed by atoms with Gasteiger partial charge in [-0.05, 0) is 36.4 Å². The Morgan fingerprint density at radius 1 is 0.857 bits per heavy atom. The van der Waals surface area contributed by atoms with Crippen molar-refractivity contribution in [2.24, 2.45) is 0 Å². The average Bonchev–Trinajstić information content (AvgIpc) is 3.10. The summed E-state index contributed by atoms with van der Waals surface area (Å²) in [4.78, 5) is 10.2. The quantitative estimate of drug-likeness (QED) is 0.365. The van der Waals surface area contributed by atoms with E-state index >= 15 is 0 Å². The summed E-state index contributed by atoms with van der Waals surface area (Å²) in [7, 11) is 0. The van der Waals surface area contributed by atoms with Crippen molar-refractivity contribution in [3.05, 3.63) is 72.5 Å². The third-order valence-electron chi connectivity index (χ3n) is 4.51. The third-order valence-corrected chi connectivity index (χ3v) is 4.90. The molecule has 0 radical (unpaired) electrons. The van der Waals surface area contributed by atoms with Gasteiger partial charge in [-0.2, -0.15) is 5.10 Å². The van der Waals surface area contributed by atoms with Gasteiger partial charge in [0.25, 0.3) is 0 Å². The van der Waals surface area contributed by atoms with Crippen molar-refractivity contribution >= 4 is 46.1 Å². The maximum atomic E-state index is 13.7. The van der Waals surface area contributed by atoms with Gasteiger partial charge in [-0.3, -0.25) is 5.10 Å². The van der Waals surface area contributed by atoms with Crippen LogP contribution in [-0.4, -0.2) is 20.2 Å². The van der Waals surface area contributed by atoms with Gasteiger partial charge in [0, 0.05) is 21.2 Å². The zero-order valence-corrected chi connectivity index (χ0v) is 15.4. The Morgan fingerprint density at radius 2 is 1.68 bits per heavy atom. The second-order valence-electron chi connectivity index (χ2n) is 6.32. The number of rotatable bonds is 3. The Hall–Kier alpha value is -3.45. The molecule has 0 unspecified atom stereocenters. The summed E-state index contributed by atoms with van der Waals surface area (Å²) >= 11 is 4.53. The highest BCUT2D eigenvalue weighted by molar-refractivity contribution is 7.80. The molecule has 0 saturated heterocycles. The van der Waals surface area contributed by atoms with Crippen molar-refractivity contribution in [3.63, 3.8) is 0 Å². The first-order valence-corrected chi connectivity index (χ1v) is 9.09. The zero-order chi connectivity index (χ0) is 19.1. The fraction of sp³-hybridized carbons (Fsp3) is 0. The van der Waals surface area contributed by atoms with Crippen LogP contribution in [0.25, 0.3) is 33.2 Å². The molecule has 0 saturated carbocycles. The molecule has 5 nitrogen and oxygen atoms in total. The molecule has 0 fully saturated rings. The number of hydrogen-bond donors (Lipinski definition) is 3. The normalized spacial score (nSPS) is 11.2. The molecule has 2 heterocycles. The van der Waals surface area contributed by atoms with E-state index in [1.54, 1.807) is 6.07 Å². The highest BCUT2D eigenvalue weighted by Crippen LogP contribution is 2.31. The molecule has 0 aliphatic carbocycles. The molecular formula is C21H14FN5S. The van der Waals surface area contributed by atoms with Crippen LogP contribution in [-0.2, 0) is 0 Å². The van der Waals surface area contributed by atoms with Crippen molar-refractivity contribution in [2.45, 2.75) is 4.90 Å². The van der Waals surface area contributed by atoms with E-state index < -0.39 is 0 Å². The highest BCUT2D eigenvalue weighted by atomic mass is 32.1. The van der Waals surface area contributed by atoms with Gasteiger partial charge in [-0.1, -0.05) is 30.3 Å². The van der Waals surface area contributed by atoms with E-state index in [0.29, 0.717) is 22.8 Å². The highest BCUT2D eigenvalue weighted by Gasteiger charge is 2.14. The van der Waals surface area contributed by atoms with Crippen LogP contribution in [0.1, 0.15) is 0 Å². The fourth-order valence-corrected chi connectivity index (χ4v) is 3.41. The van der Waals surface area contributed by atoms with Crippen LogP contribution in [0.3, 0.4) is 0 Å². The molecule has 2 N–H and O–H groups in total. The SMILES string of the molecule is Fc1ccc2[nH]nc(Nc3nc(-c4ccccc4S)nc4ccccc34)c2c1. The number of benzene rings is 3. The van der Waals surface area contributed by atoms with Gasteiger partial charge >= 0.3 is 0 Å². The third kappa shape index (κ3) is 2.86. The van der Waals surface area contributed by atoms with Gasteiger partial charge in [0.15, 0.2) is 11.6 Å². The molecule has 3 aromatic carbocycles. The first-order chi connectivity index (χ1) is 13.7. The number of halogens is 1. The molecule has 5 aromatic rings. The van der Waals surface area contributed by atoms with Gasteiger partial charge in [0.1, 0.15) is 11.6 Å². The zero-order valence-electron chi connectivity index (χ0n) is 14.5. The molecule has 0 aliphatic heterocycles. The van der Waals surface area contributed by atoms with Gasteiger partial charge in [0.05, 0.1) is 11.0 Å². The minimum atomic E-state index is -0.325. The molecule has 2 aromatic heterocycles. The van der Waals surface area contributed by atoms with Crippen LogP contribution in [0.5, 0.6) is 0 Å². The number of nitrogens with one attached hydrogen (secondary N) is 2. The lowest BCUT2D eigenvalue weighted by Crippen LogP contribution is -2.00. The van der Waals surface area contributed by atoms with E-state index in [1.165, 1.54) is 12.1 Å². The number of fused-ring (bicyclic) bond motifs is 2. The molecule has 5 rings (SSSR count). The number of para-hydroxylation sites is 1. The monoisotopic (exact) mass is 387 g/mol. The van der Waals surface area contributed by atoms with Crippen LogP contribution in [0.4, 0.5) is 16.0 Å². The number of H-pyrrole nitrogens is 1. The Balaban J connectivity index is 1.69. The Kier molecular flexibility index (Phi) is 3.95. The van der Waals surface area contributed by atoms with Gasteiger partial charge in [-0.25, -0.2) is 14.4 Å². The Morgan fingerprint density at radius 3 is 2.57 bits per heavy atom. The molecule has 0 aliphatic rings. The van der Waals surface area contributed by atoms with Crippen LogP contribution < -0.4 is 5.32 Å². The van der Waals surface area contributed by atoms with Crippen LogP contribution in [0, 0.1) is 5.82 Å². The molecule has 136 valence electrons. The number of aromatic amines is 1. The average molecular weight is 387 g/mol. The van der Waals surface area contributed by atoms with E-state index in [1.807, 2.05) is 48.5 Å². The summed E-state index contributed by atoms with van der Waals surface area (Å²) in [6.45, 7) is 0. The van der Waals surface area contributed by atoms with Crippen molar-refractivity contribution in [1.29, 1.82) is 0 Å². The van der Waals surface area contributed by atoms with Crippen LogP contribution in [0.2, 0.25) is 0 Å². The van der Waals surface area contributed by atoms with Crippen molar-refractivity contribution in [3.8, 4) is 11.4 Å². The van der Waals surface area contributed by atoms with E-state index in [2.05, 4.69) is 33.1 Å². The molecule has 28 heavy (non-hydrogen) atoms. The lowest BCUT2D eigenvalue weighted by molar-refractivity contribution is 0.630. The second-order valence-corrected chi connectivity index (χ2v) is 6.80. The van der Waals surface area contributed by atoms with Crippen molar-refractivity contribution in [2.75, 3.05) is 5.32 Å². The first kappa shape index (κ1) is 16.7. The second kappa shape index (κ2) is 6.61. The van der Waals surface area contributed by atoms with Crippen molar-refractivity contribution < 1.29 is 4.39 Å². The Bertz CT molecular complexity index is 1330.